The van der Waals surface area contributed by atoms with Crippen molar-refractivity contribution >= 4 is 17.3 Å². The van der Waals surface area contributed by atoms with Crippen LogP contribution in [-0.4, -0.2) is 0 Å². The fourth-order valence-corrected chi connectivity index (χ4v) is 1.76. The van der Waals surface area contributed by atoms with Gasteiger partial charge in [-0.15, -0.1) is 0 Å². The first-order valence-electron chi connectivity index (χ1n) is 5.65. The van der Waals surface area contributed by atoms with E-state index in [1.165, 1.54) is 12.1 Å². The molecule has 0 atom stereocenters. The molecule has 0 saturated carbocycles. The highest BCUT2D eigenvalue weighted by molar-refractivity contribution is 6.30. The standard InChI is InChI=1S/C14H8ClF3N2O/c15-10-2-3-11(20)13(6-10)21-12-4-1-9(14(16,17)18)5-8(12)7-19/h1-6H,20H2. The summed E-state index contributed by atoms with van der Waals surface area (Å²) in [7, 11) is 0. The van der Waals surface area contributed by atoms with Crippen LogP contribution in [0.2, 0.25) is 5.02 Å². The molecule has 0 aliphatic rings. The average Bonchev–Trinajstić information content (AvgIpc) is 2.42. The fourth-order valence-electron chi connectivity index (χ4n) is 1.60. The number of nitrogens with two attached hydrogens (primary N) is 1. The first-order valence-corrected chi connectivity index (χ1v) is 6.03. The summed E-state index contributed by atoms with van der Waals surface area (Å²) in [6.45, 7) is 0. The number of alkyl halides is 3. The summed E-state index contributed by atoms with van der Waals surface area (Å²) in [6, 6.07) is 8.73. The summed E-state index contributed by atoms with van der Waals surface area (Å²) < 4.78 is 43.2. The number of ether oxygens (including phenoxy) is 1. The van der Waals surface area contributed by atoms with E-state index in [2.05, 4.69) is 0 Å². The first kappa shape index (κ1) is 15.0. The molecule has 0 aliphatic carbocycles. The Balaban J connectivity index is 2.41. The van der Waals surface area contributed by atoms with E-state index in [0.29, 0.717) is 5.02 Å². The van der Waals surface area contributed by atoms with Crippen LogP contribution in [0.1, 0.15) is 11.1 Å². The Kier molecular flexibility index (Phi) is 3.96. The Labute approximate surface area is 123 Å². The van der Waals surface area contributed by atoms with Crippen molar-refractivity contribution in [1.29, 1.82) is 5.26 Å². The van der Waals surface area contributed by atoms with Crippen molar-refractivity contribution in [3.8, 4) is 17.6 Å². The highest BCUT2D eigenvalue weighted by atomic mass is 35.5. The third-order valence-electron chi connectivity index (χ3n) is 2.62. The number of halogens is 4. The second-order valence-electron chi connectivity index (χ2n) is 4.10. The van der Waals surface area contributed by atoms with E-state index in [9.17, 15) is 13.2 Å². The zero-order chi connectivity index (χ0) is 15.6. The maximum Gasteiger partial charge on any atom is 0.416 e. The van der Waals surface area contributed by atoms with Gasteiger partial charge in [0.15, 0.2) is 5.75 Å². The van der Waals surface area contributed by atoms with Crippen LogP contribution in [0.4, 0.5) is 18.9 Å². The molecule has 0 aromatic heterocycles. The number of benzene rings is 2. The minimum absolute atomic E-state index is 0.0283. The summed E-state index contributed by atoms with van der Waals surface area (Å²) in [5, 5.41) is 9.31. The first-order chi connectivity index (χ1) is 9.81. The quantitative estimate of drug-likeness (QED) is 0.824. The number of nitrogen functional groups attached to an aromatic ring is 1. The number of anilines is 1. The van der Waals surface area contributed by atoms with Crippen LogP contribution in [0.5, 0.6) is 11.5 Å². The monoisotopic (exact) mass is 312 g/mol. The SMILES string of the molecule is N#Cc1cc(C(F)(F)F)ccc1Oc1cc(Cl)ccc1N. The highest BCUT2D eigenvalue weighted by Crippen LogP contribution is 2.35. The van der Waals surface area contributed by atoms with Gasteiger partial charge in [0.2, 0.25) is 0 Å². The van der Waals surface area contributed by atoms with Gasteiger partial charge in [0.05, 0.1) is 16.8 Å². The number of nitrogens with zero attached hydrogens (tertiary/aromatic N) is 1. The number of hydrogen-bond donors (Lipinski definition) is 1. The van der Waals surface area contributed by atoms with Gasteiger partial charge in [-0.05, 0) is 30.3 Å². The van der Waals surface area contributed by atoms with Crippen LogP contribution in [0, 0.1) is 11.3 Å². The van der Waals surface area contributed by atoms with E-state index in [1.807, 2.05) is 0 Å². The van der Waals surface area contributed by atoms with Crippen molar-refractivity contribution in [1.82, 2.24) is 0 Å². The highest BCUT2D eigenvalue weighted by Gasteiger charge is 2.31. The Morgan fingerprint density at radius 1 is 1.10 bits per heavy atom. The molecule has 0 radical (unpaired) electrons. The maximum absolute atomic E-state index is 12.6. The van der Waals surface area contributed by atoms with E-state index in [0.717, 1.165) is 18.2 Å². The lowest BCUT2D eigenvalue weighted by molar-refractivity contribution is -0.137. The number of hydrogen-bond acceptors (Lipinski definition) is 3. The second kappa shape index (κ2) is 5.54. The third-order valence-corrected chi connectivity index (χ3v) is 2.86. The fraction of sp³-hybridized carbons (Fsp3) is 0.0714. The second-order valence-corrected chi connectivity index (χ2v) is 4.54. The lowest BCUT2D eigenvalue weighted by Crippen LogP contribution is -2.05. The van der Waals surface area contributed by atoms with Gasteiger partial charge >= 0.3 is 6.18 Å². The number of rotatable bonds is 2. The van der Waals surface area contributed by atoms with E-state index < -0.39 is 11.7 Å². The molecule has 108 valence electrons. The molecule has 0 amide bonds. The maximum atomic E-state index is 12.6. The van der Waals surface area contributed by atoms with Gasteiger partial charge in [-0.3, -0.25) is 0 Å². The van der Waals surface area contributed by atoms with Gasteiger partial charge in [-0.1, -0.05) is 11.6 Å². The van der Waals surface area contributed by atoms with Gasteiger partial charge in [0.25, 0.3) is 0 Å². The molecule has 2 N–H and O–H groups in total. The summed E-state index contributed by atoms with van der Waals surface area (Å²) in [4.78, 5) is 0. The van der Waals surface area contributed by atoms with Crippen LogP contribution in [0.3, 0.4) is 0 Å². The van der Waals surface area contributed by atoms with Gasteiger partial charge in [0.1, 0.15) is 11.8 Å². The van der Waals surface area contributed by atoms with Crippen LogP contribution in [0.15, 0.2) is 36.4 Å². The number of nitriles is 1. The minimum Gasteiger partial charge on any atom is -0.454 e. The molecule has 0 unspecified atom stereocenters. The van der Waals surface area contributed by atoms with E-state index >= 15 is 0 Å². The predicted molar refractivity (Wildman–Crippen MR) is 72.1 cm³/mol. The third kappa shape index (κ3) is 3.38. The molecule has 7 heteroatoms. The smallest absolute Gasteiger partial charge is 0.416 e. The van der Waals surface area contributed by atoms with Gasteiger partial charge in [-0.2, -0.15) is 18.4 Å². The van der Waals surface area contributed by atoms with E-state index in [4.69, 9.17) is 27.3 Å². The molecule has 21 heavy (non-hydrogen) atoms. The Bertz CT molecular complexity index is 723. The molecule has 2 aromatic carbocycles. The molecule has 0 saturated heterocycles. The van der Waals surface area contributed by atoms with Crippen molar-refractivity contribution in [3.63, 3.8) is 0 Å². The molecule has 3 nitrogen and oxygen atoms in total. The Morgan fingerprint density at radius 3 is 2.43 bits per heavy atom. The summed E-state index contributed by atoms with van der Waals surface area (Å²) in [5.74, 6) is 0.137. The molecular formula is C14H8ClF3N2O. The van der Waals surface area contributed by atoms with Crippen molar-refractivity contribution in [2.45, 2.75) is 6.18 Å². The van der Waals surface area contributed by atoms with E-state index in [1.54, 1.807) is 12.1 Å². The normalized spacial score (nSPS) is 11.0. The van der Waals surface area contributed by atoms with Crippen molar-refractivity contribution < 1.29 is 17.9 Å². The van der Waals surface area contributed by atoms with Crippen molar-refractivity contribution in [3.05, 3.63) is 52.5 Å². The Morgan fingerprint density at radius 2 is 1.81 bits per heavy atom. The average molecular weight is 313 g/mol. The molecule has 0 aliphatic heterocycles. The molecule has 0 fully saturated rings. The lowest BCUT2D eigenvalue weighted by atomic mass is 10.1. The predicted octanol–water partition coefficient (Wildman–Crippen LogP) is 4.60. The largest absolute Gasteiger partial charge is 0.454 e. The van der Waals surface area contributed by atoms with Gasteiger partial charge in [-0.25, -0.2) is 0 Å². The van der Waals surface area contributed by atoms with Crippen LogP contribution < -0.4 is 10.5 Å². The summed E-state index contributed by atoms with van der Waals surface area (Å²) in [6.07, 6.45) is -4.53. The van der Waals surface area contributed by atoms with Gasteiger partial charge in [0, 0.05) is 11.1 Å². The summed E-state index contributed by atoms with van der Waals surface area (Å²) >= 11 is 5.79. The molecule has 0 bridgehead atoms. The summed E-state index contributed by atoms with van der Waals surface area (Å²) in [5.41, 5.74) is 4.76. The van der Waals surface area contributed by atoms with E-state index in [-0.39, 0.29) is 22.7 Å². The Hall–Kier alpha value is -2.39. The van der Waals surface area contributed by atoms with Gasteiger partial charge < -0.3 is 10.5 Å². The van der Waals surface area contributed by atoms with Crippen LogP contribution >= 0.6 is 11.6 Å². The topological polar surface area (TPSA) is 59.0 Å². The molecule has 2 aromatic rings. The molecule has 0 spiro atoms. The van der Waals surface area contributed by atoms with Crippen molar-refractivity contribution in [2.75, 3.05) is 5.73 Å². The lowest BCUT2D eigenvalue weighted by Gasteiger charge is -2.12. The minimum atomic E-state index is -4.53. The molecular weight excluding hydrogens is 305 g/mol. The van der Waals surface area contributed by atoms with Crippen molar-refractivity contribution in [2.24, 2.45) is 0 Å². The molecule has 0 heterocycles. The molecule has 2 rings (SSSR count). The van der Waals surface area contributed by atoms with Crippen LogP contribution in [-0.2, 0) is 6.18 Å². The van der Waals surface area contributed by atoms with Crippen LogP contribution in [0.25, 0.3) is 0 Å². The zero-order valence-electron chi connectivity index (χ0n) is 10.4. The zero-order valence-corrected chi connectivity index (χ0v) is 11.2.